The number of rotatable bonds is 8. The van der Waals surface area contributed by atoms with Crippen molar-refractivity contribution in [1.29, 1.82) is 0 Å². The summed E-state index contributed by atoms with van der Waals surface area (Å²) >= 11 is 1.68. The van der Waals surface area contributed by atoms with Gasteiger partial charge in [-0.2, -0.15) is 0 Å². The van der Waals surface area contributed by atoms with Crippen LogP contribution in [0.1, 0.15) is 29.2 Å². The molecule has 0 radical (unpaired) electrons. The fourth-order valence-electron chi connectivity index (χ4n) is 3.60. The van der Waals surface area contributed by atoms with Crippen LogP contribution in [0.4, 0.5) is 5.69 Å². The number of benzene rings is 3. The summed E-state index contributed by atoms with van der Waals surface area (Å²) in [7, 11) is 3.38. The third-order valence-electron chi connectivity index (χ3n) is 5.43. The van der Waals surface area contributed by atoms with Gasteiger partial charge in [-0.3, -0.25) is 0 Å². The lowest BCUT2D eigenvalue weighted by molar-refractivity contribution is 0.405. The van der Waals surface area contributed by atoms with Crippen molar-refractivity contribution in [1.82, 2.24) is 4.90 Å². The van der Waals surface area contributed by atoms with Crippen LogP contribution >= 0.6 is 11.8 Å². The monoisotopic (exact) mass is 448 g/mol. The average Bonchev–Trinajstić information content (AvgIpc) is 2.83. The fraction of sp³-hybridized carbons (Fsp3) is 0.296. The van der Waals surface area contributed by atoms with Gasteiger partial charge >= 0.3 is 0 Å². The van der Waals surface area contributed by atoms with Crippen molar-refractivity contribution < 1.29 is 9.47 Å². The summed E-state index contributed by atoms with van der Waals surface area (Å²) in [6, 6.07) is 22.9. The van der Waals surface area contributed by atoms with E-state index in [-0.39, 0.29) is 0 Å². The van der Waals surface area contributed by atoms with Crippen LogP contribution in [0.25, 0.3) is 0 Å². The molecule has 0 bridgehead atoms. The Morgan fingerprint density at radius 2 is 1.38 bits per heavy atom. The summed E-state index contributed by atoms with van der Waals surface area (Å²) < 4.78 is 10.6. The maximum absolute atomic E-state index is 5.32. The molecule has 168 valence electrons. The highest BCUT2D eigenvalue weighted by molar-refractivity contribution is 8.13. The van der Waals surface area contributed by atoms with Gasteiger partial charge in [0.05, 0.1) is 19.9 Å². The minimum atomic E-state index is 0.753. The number of amidine groups is 1. The van der Waals surface area contributed by atoms with Gasteiger partial charge in [0.1, 0.15) is 11.5 Å². The van der Waals surface area contributed by atoms with Crippen LogP contribution in [-0.4, -0.2) is 30.5 Å². The van der Waals surface area contributed by atoms with Crippen molar-refractivity contribution in [3.05, 3.63) is 89.0 Å². The van der Waals surface area contributed by atoms with E-state index in [0.717, 1.165) is 41.9 Å². The maximum Gasteiger partial charge on any atom is 0.164 e. The first-order chi connectivity index (χ1) is 15.6. The van der Waals surface area contributed by atoms with E-state index in [9.17, 15) is 0 Å². The molecule has 0 aromatic heterocycles. The van der Waals surface area contributed by atoms with Crippen molar-refractivity contribution in [2.24, 2.45) is 4.99 Å². The Kier molecular flexibility index (Phi) is 8.63. The number of aliphatic imine (C=N–C) groups is 1. The molecule has 0 aliphatic rings. The molecule has 0 heterocycles. The average molecular weight is 449 g/mol. The number of hydrogen-bond acceptors (Lipinski definition) is 4. The van der Waals surface area contributed by atoms with Gasteiger partial charge < -0.3 is 14.4 Å². The van der Waals surface area contributed by atoms with E-state index in [1.165, 1.54) is 22.3 Å². The molecule has 0 atom stereocenters. The third kappa shape index (κ3) is 6.07. The van der Waals surface area contributed by atoms with E-state index < -0.39 is 0 Å². The number of methoxy groups -OCH3 is 2. The lowest BCUT2D eigenvalue weighted by Gasteiger charge is -2.26. The van der Waals surface area contributed by atoms with E-state index in [2.05, 4.69) is 67.5 Å². The SMILES string of the molecule is CCc1cccc(C)c1N=C(SC)N(Cc1ccc(OC)cc1)Cc1ccc(OC)cc1. The van der Waals surface area contributed by atoms with Crippen LogP contribution < -0.4 is 9.47 Å². The van der Waals surface area contributed by atoms with Gasteiger partial charge in [-0.25, -0.2) is 4.99 Å². The van der Waals surface area contributed by atoms with Gasteiger partial charge in [0, 0.05) is 13.1 Å². The predicted octanol–water partition coefficient (Wildman–Crippen LogP) is 6.63. The van der Waals surface area contributed by atoms with Crippen LogP contribution in [0.5, 0.6) is 11.5 Å². The van der Waals surface area contributed by atoms with Crippen molar-refractivity contribution in [2.75, 3.05) is 20.5 Å². The molecular weight excluding hydrogens is 416 g/mol. The molecule has 32 heavy (non-hydrogen) atoms. The summed E-state index contributed by atoms with van der Waals surface area (Å²) in [5.41, 5.74) is 5.96. The normalized spacial score (nSPS) is 11.3. The molecule has 0 N–H and O–H groups in total. The first kappa shape index (κ1) is 23.7. The Hall–Kier alpha value is -2.92. The van der Waals surface area contributed by atoms with Crippen molar-refractivity contribution >= 4 is 22.6 Å². The molecule has 0 amide bonds. The maximum atomic E-state index is 5.32. The second-order valence-electron chi connectivity index (χ2n) is 7.59. The molecule has 5 heteroatoms. The largest absolute Gasteiger partial charge is 0.497 e. The second kappa shape index (κ2) is 11.6. The molecule has 0 saturated carbocycles. The fourth-order valence-corrected chi connectivity index (χ4v) is 4.17. The molecular formula is C27H32N2O2S. The lowest BCUT2D eigenvalue weighted by Crippen LogP contribution is -2.28. The summed E-state index contributed by atoms with van der Waals surface area (Å²) in [5, 5.41) is 1.00. The summed E-state index contributed by atoms with van der Waals surface area (Å²) in [6.45, 7) is 5.82. The first-order valence-electron chi connectivity index (χ1n) is 10.8. The first-order valence-corrected chi connectivity index (χ1v) is 12.0. The Balaban J connectivity index is 1.98. The van der Waals surface area contributed by atoms with Gasteiger partial charge in [-0.05, 0) is 66.1 Å². The van der Waals surface area contributed by atoms with E-state index in [1.54, 1.807) is 26.0 Å². The Labute approximate surface area is 196 Å². The number of aryl methyl sites for hydroxylation is 2. The minimum absolute atomic E-state index is 0.753. The summed E-state index contributed by atoms with van der Waals surface area (Å²) in [6.07, 6.45) is 3.05. The van der Waals surface area contributed by atoms with Crippen molar-refractivity contribution in [3.8, 4) is 11.5 Å². The highest BCUT2D eigenvalue weighted by Gasteiger charge is 2.15. The molecule has 0 saturated heterocycles. The van der Waals surface area contributed by atoms with Crippen LogP contribution in [0.15, 0.2) is 71.7 Å². The number of ether oxygens (including phenoxy) is 2. The van der Waals surface area contributed by atoms with Gasteiger partial charge in [0.2, 0.25) is 0 Å². The van der Waals surface area contributed by atoms with Gasteiger partial charge in [-0.1, -0.05) is 61.2 Å². The zero-order chi connectivity index (χ0) is 22.9. The van der Waals surface area contributed by atoms with Crippen molar-refractivity contribution in [3.63, 3.8) is 0 Å². The quantitative estimate of drug-likeness (QED) is 0.286. The summed E-state index contributed by atoms with van der Waals surface area (Å²) in [4.78, 5) is 7.50. The van der Waals surface area contributed by atoms with Crippen LogP contribution in [0.3, 0.4) is 0 Å². The number of nitrogens with zero attached hydrogens (tertiary/aromatic N) is 2. The van der Waals surface area contributed by atoms with Crippen LogP contribution in [0, 0.1) is 6.92 Å². The molecule has 3 aromatic carbocycles. The molecule has 3 rings (SSSR count). The topological polar surface area (TPSA) is 34.1 Å². The minimum Gasteiger partial charge on any atom is -0.497 e. The Morgan fingerprint density at radius 3 is 1.81 bits per heavy atom. The number of hydrogen-bond donors (Lipinski definition) is 0. The zero-order valence-corrected chi connectivity index (χ0v) is 20.4. The predicted molar refractivity (Wildman–Crippen MR) is 136 cm³/mol. The van der Waals surface area contributed by atoms with E-state index >= 15 is 0 Å². The molecule has 0 spiro atoms. The van der Waals surface area contributed by atoms with Crippen LogP contribution in [-0.2, 0) is 19.5 Å². The van der Waals surface area contributed by atoms with Gasteiger partial charge in [-0.15, -0.1) is 0 Å². The lowest BCUT2D eigenvalue weighted by atomic mass is 10.1. The third-order valence-corrected chi connectivity index (χ3v) is 6.14. The summed E-state index contributed by atoms with van der Waals surface area (Å²) in [5.74, 6) is 1.73. The van der Waals surface area contributed by atoms with Gasteiger partial charge in [0.15, 0.2) is 5.17 Å². The van der Waals surface area contributed by atoms with E-state index in [4.69, 9.17) is 14.5 Å². The number of para-hydroxylation sites is 1. The van der Waals surface area contributed by atoms with Crippen molar-refractivity contribution in [2.45, 2.75) is 33.4 Å². The highest BCUT2D eigenvalue weighted by Crippen LogP contribution is 2.28. The molecule has 0 aliphatic heterocycles. The molecule has 0 unspecified atom stereocenters. The standard InChI is InChI=1S/C27H32N2O2S/c1-6-23-9-7-8-20(2)26(23)28-27(32-5)29(18-21-10-14-24(30-3)15-11-21)19-22-12-16-25(31-4)17-13-22/h7-17H,6,18-19H2,1-5H3. The van der Waals surface area contributed by atoms with Gasteiger partial charge in [0.25, 0.3) is 0 Å². The second-order valence-corrected chi connectivity index (χ2v) is 8.36. The Bertz CT molecular complexity index is 981. The van der Waals surface area contributed by atoms with E-state index in [0.29, 0.717) is 0 Å². The molecule has 0 fully saturated rings. The Morgan fingerprint density at radius 1 is 0.844 bits per heavy atom. The molecule has 0 aliphatic carbocycles. The van der Waals surface area contributed by atoms with E-state index in [1.807, 2.05) is 24.3 Å². The molecule has 3 aromatic rings. The van der Waals surface area contributed by atoms with Crippen LogP contribution in [0.2, 0.25) is 0 Å². The highest BCUT2D eigenvalue weighted by atomic mass is 32.2. The molecule has 4 nitrogen and oxygen atoms in total. The smallest absolute Gasteiger partial charge is 0.164 e. The zero-order valence-electron chi connectivity index (χ0n) is 19.6. The number of thioether (sulfide) groups is 1.